The average Bonchev–Trinajstić information content (AvgIpc) is 2.88. The summed E-state index contributed by atoms with van der Waals surface area (Å²) in [6.45, 7) is 1.06. The third kappa shape index (κ3) is 1.83. The zero-order valence-corrected chi connectivity index (χ0v) is 7.40. The molecular formula is C10H14N2. The molecule has 12 heavy (non-hydrogen) atoms. The number of aromatic nitrogens is 1. The van der Waals surface area contributed by atoms with Gasteiger partial charge in [0.1, 0.15) is 0 Å². The Hall–Kier alpha value is -0.890. The van der Waals surface area contributed by atoms with Gasteiger partial charge in [-0.3, -0.25) is 9.88 Å². The van der Waals surface area contributed by atoms with E-state index >= 15 is 0 Å². The van der Waals surface area contributed by atoms with Crippen molar-refractivity contribution in [3.8, 4) is 0 Å². The van der Waals surface area contributed by atoms with Gasteiger partial charge in [-0.05, 0) is 37.6 Å². The first kappa shape index (κ1) is 7.74. The fourth-order valence-corrected chi connectivity index (χ4v) is 1.42. The number of pyridine rings is 1. The SMILES string of the molecule is CN(Cc1ccncc1)C1CC1. The van der Waals surface area contributed by atoms with Crippen molar-refractivity contribution >= 4 is 0 Å². The molecule has 1 saturated carbocycles. The molecule has 2 nitrogen and oxygen atoms in total. The summed E-state index contributed by atoms with van der Waals surface area (Å²) in [4.78, 5) is 6.41. The normalized spacial score (nSPS) is 16.8. The van der Waals surface area contributed by atoms with Crippen molar-refractivity contribution in [2.75, 3.05) is 7.05 Å². The maximum Gasteiger partial charge on any atom is 0.0271 e. The largest absolute Gasteiger partial charge is 0.299 e. The molecule has 0 radical (unpaired) electrons. The van der Waals surface area contributed by atoms with Crippen LogP contribution < -0.4 is 0 Å². The molecule has 0 amide bonds. The zero-order valence-electron chi connectivity index (χ0n) is 7.40. The van der Waals surface area contributed by atoms with Crippen molar-refractivity contribution in [1.82, 2.24) is 9.88 Å². The van der Waals surface area contributed by atoms with E-state index in [-0.39, 0.29) is 0 Å². The predicted molar refractivity (Wildman–Crippen MR) is 48.7 cm³/mol. The Bertz CT molecular complexity index is 241. The second-order valence-electron chi connectivity index (χ2n) is 3.50. The molecule has 0 spiro atoms. The first-order valence-electron chi connectivity index (χ1n) is 4.45. The Kier molecular flexibility index (Phi) is 2.09. The van der Waals surface area contributed by atoms with Crippen LogP contribution >= 0.6 is 0 Å². The molecule has 1 aromatic rings. The Morgan fingerprint density at radius 3 is 2.67 bits per heavy atom. The van der Waals surface area contributed by atoms with Gasteiger partial charge in [-0.25, -0.2) is 0 Å². The molecule has 1 aliphatic carbocycles. The predicted octanol–water partition coefficient (Wildman–Crippen LogP) is 1.68. The van der Waals surface area contributed by atoms with Gasteiger partial charge < -0.3 is 0 Å². The molecule has 0 atom stereocenters. The Labute approximate surface area is 73.2 Å². The van der Waals surface area contributed by atoms with Crippen molar-refractivity contribution in [2.24, 2.45) is 0 Å². The highest BCUT2D eigenvalue weighted by atomic mass is 15.1. The maximum absolute atomic E-state index is 3.99. The lowest BCUT2D eigenvalue weighted by Crippen LogP contribution is -2.19. The molecule has 0 unspecified atom stereocenters. The number of nitrogens with zero attached hydrogens (tertiary/aromatic N) is 2. The Balaban J connectivity index is 1.94. The van der Waals surface area contributed by atoms with Gasteiger partial charge in [0.2, 0.25) is 0 Å². The Morgan fingerprint density at radius 1 is 1.42 bits per heavy atom. The van der Waals surface area contributed by atoms with Crippen LogP contribution in [-0.4, -0.2) is 23.0 Å². The van der Waals surface area contributed by atoms with E-state index in [4.69, 9.17) is 0 Å². The highest BCUT2D eigenvalue weighted by Gasteiger charge is 2.25. The maximum atomic E-state index is 3.99. The molecule has 1 aliphatic rings. The molecule has 0 aromatic carbocycles. The summed E-state index contributed by atoms with van der Waals surface area (Å²) in [5.74, 6) is 0. The molecule has 2 heteroatoms. The fourth-order valence-electron chi connectivity index (χ4n) is 1.42. The number of rotatable bonds is 3. The highest BCUT2D eigenvalue weighted by Crippen LogP contribution is 2.26. The molecule has 1 heterocycles. The van der Waals surface area contributed by atoms with Gasteiger partial charge in [0.05, 0.1) is 0 Å². The minimum absolute atomic E-state index is 0.846. The van der Waals surface area contributed by atoms with E-state index in [1.54, 1.807) is 0 Å². The summed E-state index contributed by atoms with van der Waals surface area (Å²) in [6.07, 6.45) is 6.47. The molecule has 64 valence electrons. The summed E-state index contributed by atoms with van der Waals surface area (Å²) in [7, 11) is 2.19. The van der Waals surface area contributed by atoms with Crippen LogP contribution in [0.25, 0.3) is 0 Å². The summed E-state index contributed by atoms with van der Waals surface area (Å²) >= 11 is 0. The minimum Gasteiger partial charge on any atom is -0.299 e. The van der Waals surface area contributed by atoms with Gasteiger partial charge in [-0.2, -0.15) is 0 Å². The molecule has 0 aliphatic heterocycles. The summed E-state index contributed by atoms with van der Waals surface area (Å²) in [5.41, 5.74) is 1.36. The van der Waals surface area contributed by atoms with E-state index in [1.165, 1.54) is 18.4 Å². The second kappa shape index (κ2) is 3.23. The fraction of sp³-hybridized carbons (Fsp3) is 0.500. The van der Waals surface area contributed by atoms with E-state index in [2.05, 4.69) is 29.1 Å². The van der Waals surface area contributed by atoms with Crippen LogP contribution in [0.5, 0.6) is 0 Å². The summed E-state index contributed by atoms with van der Waals surface area (Å²) in [6, 6.07) is 5.01. The standard InChI is InChI=1S/C10H14N2/c1-12(10-2-3-10)8-9-4-6-11-7-5-9/h4-7,10H,2-3,8H2,1H3. The van der Waals surface area contributed by atoms with Gasteiger partial charge in [0.15, 0.2) is 0 Å². The monoisotopic (exact) mass is 162 g/mol. The minimum atomic E-state index is 0.846. The number of hydrogen-bond donors (Lipinski definition) is 0. The smallest absolute Gasteiger partial charge is 0.0271 e. The van der Waals surface area contributed by atoms with Crippen LogP contribution in [0.15, 0.2) is 24.5 Å². The van der Waals surface area contributed by atoms with Crippen LogP contribution in [0.3, 0.4) is 0 Å². The summed E-state index contributed by atoms with van der Waals surface area (Å²) in [5, 5.41) is 0. The van der Waals surface area contributed by atoms with Gasteiger partial charge in [0, 0.05) is 25.0 Å². The van der Waals surface area contributed by atoms with Gasteiger partial charge in [-0.15, -0.1) is 0 Å². The van der Waals surface area contributed by atoms with E-state index in [0.29, 0.717) is 0 Å². The molecule has 1 aromatic heterocycles. The van der Waals surface area contributed by atoms with E-state index in [1.807, 2.05) is 12.4 Å². The number of hydrogen-bond acceptors (Lipinski definition) is 2. The Morgan fingerprint density at radius 2 is 2.08 bits per heavy atom. The van der Waals surface area contributed by atoms with Gasteiger partial charge in [0.25, 0.3) is 0 Å². The second-order valence-corrected chi connectivity index (χ2v) is 3.50. The van der Waals surface area contributed by atoms with Crippen molar-refractivity contribution < 1.29 is 0 Å². The zero-order chi connectivity index (χ0) is 8.39. The van der Waals surface area contributed by atoms with Crippen LogP contribution in [0.1, 0.15) is 18.4 Å². The van der Waals surface area contributed by atoms with Crippen LogP contribution in [0.2, 0.25) is 0 Å². The lowest BCUT2D eigenvalue weighted by molar-refractivity contribution is 0.316. The van der Waals surface area contributed by atoms with Crippen LogP contribution in [0, 0.1) is 0 Å². The topological polar surface area (TPSA) is 16.1 Å². The van der Waals surface area contributed by atoms with Crippen molar-refractivity contribution in [2.45, 2.75) is 25.4 Å². The molecule has 0 bridgehead atoms. The van der Waals surface area contributed by atoms with E-state index in [9.17, 15) is 0 Å². The van der Waals surface area contributed by atoms with E-state index in [0.717, 1.165) is 12.6 Å². The van der Waals surface area contributed by atoms with Crippen LogP contribution in [0.4, 0.5) is 0 Å². The molecule has 1 fully saturated rings. The summed E-state index contributed by atoms with van der Waals surface area (Å²) < 4.78 is 0. The van der Waals surface area contributed by atoms with Crippen molar-refractivity contribution in [3.05, 3.63) is 30.1 Å². The van der Waals surface area contributed by atoms with Gasteiger partial charge >= 0.3 is 0 Å². The van der Waals surface area contributed by atoms with Crippen LogP contribution in [-0.2, 0) is 6.54 Å². The first-order valence-corrected chi connectivity index (χ1v) is 4.45. The third-order valence-corrected chi connectivity index (χ3v) is 2.35. The molecular weight excluding hydrogens is 148 g/mol. The lowest BCUT2D eigenvalue weighted by atomic mass is 10.2. The van der Waals surface area contributed by atoms with Gasteiger partial charge in [-0.1, -0.05) is 0 Å². The molecule has 0 saturated heterocycles. The quantitative estimate of drug-likeness (QED) is 0.672. The average molecular weight is 162 g/mol. The third-order valence-electron chi connectivity index (χ3n) is 2.35. The van der Waals surface area contributed by atoms with E-state index < -0.39 is 0 Å². The van der Waals surface area contributed by atoms with Crippen molar-refractivity contribution in [3.63, 3.8) is 0 Å². The molecule has 2 rings (SSSR count). The molecule has 0 N–H and O–H groups in total. The first-order chi connectivity index (χ1) is 5.86. The highest BCUT2D eigenvalue weighted by molar-refractivity contribution is 5.09. The lowest BCUT2D eigenvalue weighted by Gasteiger charge is -2.14. The van der Waals surface area contributed by atoms with Crippen molar-refractivity contribution in [1.29, 1.82) is 0 Å².